The second-order valence-corrected chi connectivity index (χ2v) is 7.25. The van der Waals surface area contributed by atoms with Gasteiger partial charge >= 0.3 is 11.9 Å². The molecule has 134 valence electrons. The largest absolute Gasteiger partial charge is 0.460 e. The number of thioether (sulfide) groups is 1. The number of hydrogen-bond donors (Lipinski definition) is 0. The molecule has 0 aromatic heterocycles. The normalized spacial score (nSPS) is 14.7. The SMILES string of the molecule is CC(C)(C)OC(=O)CCSC(=O)CCC(=O)ON1C(=O)CCC1=O. The maximum absolute atomic E-state index is 11.6. The van der Waals surface area contributed by atoms with E-state index in [4.69, 9.17) is 4.74 Å². The zero-order chi connectivity index (χ0) is 18.3. The molecular formula is C15H21NO7S. The molecule has 8 nitrogen and oxygen atoms in total. The Balaban J connectivity index is 2.19. The van der Waals surface area contributed by atoms with Crippen LogP contribution in [0.3, 0.4) is 0 Å². The Morgan fingerprint density at radius 3 is 2.12 bits per heavy atom. The lowest BCUT2D eigenvalue weighted by molar-refractivity contribution is -0.197. The average molecular weight is 359 g/mol. The first kappa shape index (κ1) is 20.1. The molecule has 0 spiro atoms. The highest BCUT2D eigenvalue weighted by atomic mass is 32.2. The van der Waals surface area contributed by atoms with Crippen LogP contribution in [-0.2, 0) is 33.5 Å². The number of ether oxygens (including phenoxy) is 1. The fraction of sp³-hybridized carbons (Fsp3) is 0.667. The van der Waals surface area contributed by atoms with Gasteiger partial charge < -0.3 is 9.57 Å². The van der Waals surface area contributed by atoms with Gasteiger partial charge in [0.05, 0.1) is 12.8 Å². The molecule has 1 saturated heterocycles. The second-order valence-electron chi connectivity index (χ2n) is 6.10. The molecule has 1 heterocycles. The number of hydrogen-bond acceptors (Lipinski definition) is 8. The van der Waals surface area contributed by atoms with Crippen LogP contribution in [-0.4, -0.2) is 45.3 Å². The number of hydroxylamine groups is 2. The number of imide groups is 1. The lowest BCUT2D eigenvalue weighted by atomic mass is 10.2. The number of nitrogens with zero attached hydrogens (tertiary/aromatic N) is 1. The van der Waals surface area contributed by atoms with Crippen molar-refractivity contribution >= 4 is 40.6 Å². The van der Waals surface area contributed by atoms with E-state index in [1.54, 1.807) is 20.8 Å². The smallest absolute Gasteiger partial charge is 0.333 e. The summed E-state index contributed by atoms with van der Waals surface area (Å²) in [5.74, 6) is -2.09. The van der Waals surface area contributed by atoms with Crippen LogP contribution in [0.15, 0.2) is 0 Å². The Labute approximate surface area is 144 Å². The first-order chi connectivity index (χ1) is 11.1. The molecule has 1 rings (SSSR count). The minimum Gasteiger partial charge on any atom is -0.460 e. The van der Waals surface area contributed by atoms with Crippen LogP contribution >= 0.6 is 11.8 Å². The van der Waals surface area contributed by atoms with Crippen molar-refractivity contribution in [3.8, 4) is 0 Å². The van der Waals surface area contributed by atoms with Gasteiger partial charge in [-0.2, -0.15) is 0 Å². The lowest BCUT2D eigenvalue weighted by Gasteiger charge is -2.19. The Morgan fingerprint density at radius 1 is 1.00 bits per heavy atom. The molecule has 24 heavy (non-hydrogen) atoms. The summed E-state index contributed by atoms with van der Waals surface area (Å²) in [6.07, 6.45) is -0.213. The third kappa shape index (κ3) is 7.58. The van der Waals surface area contributed by atoms with Gasteiger partial charge in [0.1, 0.15) is 5.60 Å². The molecule has 1 aliphatic heterocycles. The fourth-order valence-corrected chi connectivity index (χ4v) is 2.47. The number of rotatable bonds is 7. The van der Waals surface area contributed by atoms with Crippen LogP contribution in [0.25, 0.3) is 0 Å². The van der Waals surface area contributed by atoms with Gasteiger partial charge in [-0.3, -0.25) is 19.2 Å². The van der Waals surface area contributed by atoms with Crippen LogP contribution in [0.4, 0.5) is 0 Å². The standard InChI is InChI=1S/C15H21NO7S/c1-15(2,3)22-12(19)8-9-24-14(21)7-6-13(20)23-16-10(17)4-5-11(16)18/h4-9H2,1-3H3. The minimum atomic E-state index is -0.820. The van der Waals surface area contributed by atoms with E-state index in [9.17, 15) is 24.0 Å². The first-order valence-corrected chi connectivity index (χ1v) is 8.51. The van der Waals surface area contributed by atoms with Crippen molar-refractivity contribution in [3.05, 3.63) is 0 Å². The van der Waals surface area contributed by atoms with Crippen molar-refractivity contribution in [3.63, 3.8) is 0 Å². The van der Waals surface area contributed by atoms with Gasteiger partial charge in [-0.1, -0.05) is 11.8 Å². The summed E-state index contributed by atoms with van der Waals surface area (Å²) in [5.41, 5.74) is -0.569. The third-order valence-electron chi connectivity index (χ3n) is 2.72. The van der Waals surface area contributed by atoms with Gasteiger partial charge in [0.15, 0.2) is 5.12 Å². The molecule has 1 fully saturated rings. The monoisotopic (exact) mass is 359 g/mol. The van der Waals surface area contributed by atoms with Crippen molar-refractivity contribution in [2.75, 3.05) is 5.75 Å². The molecule has 0 atom stereocenters. The predicted molar refractivity (Wildman–Crippen MR) is 84.3 cm³/mol. The van der Waals surface area contributed by atoms with Crippen LogP contribution in [0, 0.1) is 0 Å². The summed E-state index contributed by atoms with van der Waals surface area (Å²) in [6.45, 7) is 5.26. The van der Waals surface area contributed by atoms with E-state index < -0.39 is 29.4 Å². The highest BCUT2D eigenvalue weighted by Gasteiger charge is 2.32. The maximum Gasteiger partial charge on any atom is 0.333 e. The number of esters is 1. The van der Waals surface area contributed by atoms with Gasteiger partial charge in [-0.25, -0.2) is 4.79 Å². The summed E-state index contributed by atoms with van der Waals surface area (Å²) in [5, 5.41) is 0.164. The molecule has 0 N–H and O–H groups in total. The van der Waals surface area contributed by atoms with Gasteiger partial charge in [0.25, 0.3) is 11.8 Å². The molecule has 1 aliphatic rings. The second kappa shape index (κ2) is 8.81. The molecule has 0 unspecified atom stereocenters. The summed E-state index contributed by atoms with van der Waals surface area (Å²) >= 11 is 0.922. The topological polar surface area (TPSA) is 107 Å². The van der Waals surface area contributed by atoms with Crippen LogP contribution in [0.5, 0.6) is 0 Å². The molecule has 9 heteroatoms. The van der Waals surface area contributed by atoms with E-state index in [-0.39, 0.29) is 43.0 Å². The van der Waals surface area contributed by atoms with E-state index in [2.05, 4.69) is 4.84 Å². The molecule has 0 bridgehead atoms. The highest BCUT2D eigenvalue weighted by molar-refractivity contribution is 8.13. The molecule has 0 aromatic rings. The molecule has 2 amide bonds. The average Bonchev–Trinajstić information content (AvgIpc) is 2.75. The molecule has 0 aliphatic carbocycles. The zero-order valence-electron chi connectivity index (χ0n) is 14.0. The highest BCUT2D eigenvalue weighted by Crippen LogP contribution is 2.15. The summed E-state index contributed by atoms with van der Waals surface area (Å²) < 4.78 is 5.11. The minimum absolute atomic E-state index is 0.0194. The summed E-state index contributed by atoms with van der Waals surface area (Å²) in [4.78, 5) is 61.8. The van der Waals surface area contributed by atoms with E-state index in [0.29, 0.717) is 5.06 Å². The number of carbonyl (C=O) groups excluding carboxylic acids is 5. The summed E-state index contributed by atoms with van der Waals surface area (Å²) in [7, 11) is 0. The molecule has 0 saturated carbocycles. The Morgan fingerprint density at radius 2 is 1.58 bits per heavy atom. The van der Waals surface area contributed by atoms with Crippen molar-refractivity contribution in [2.24, 2.45) is 0 Å². The third-order valence-corrected chi connectivity index (χ3v) is 3.66. The fourth-order valence-electron chi connectivity index (χ4n) is 1.72. The number of amides is 2. The van der Waals surface area contributed by atoms with Crippen LogP contribution < -0.4 is 0 Å². The Hall–Kier alpha value is -1.90. The van der Waals surface area contributed by atoms with Gasteiger partial charge in [-0.05, 0) is 20.8 Å². The van der Waals surface area contributed by atoms with Crippen molar-refractivity contribution < 1.29 is 33.5 Å². The first-order valence-electron chi connectivity index (χ1n) is 7.52. The van der Waals surface area contributed by atoms with Crippen molar-refractivity contribution in [2.45, 2.75) is 58.5 Å². The molecular weight excluding hydrogens is 338 g/mol. The van der Waals surface area contributed by atoms with Crippen molar-refractivity contribution in [1.29, 1.82) is 0 Å². The summed E-state index contributed by atoms with van der Waals surface area (Å²) in [6, 6.07) is 0. The van der Waals surface area contributed by atoms with E-state index >= 15 is 0 Å². The van der Waals surface area contributed by atoms with Gasteiger partial charge in [-0.15, -0.1) is 5.06 Å². The molecule has 0 radical (unpaired) electrons. The van der Waals surface area contributed by atoms with E-state index in [1.807, 2.05) is 0 Å². The lowest BCUT2D eigenvalue weighted by Crippen LogP contribution is -2.32. The maximum atomic E-state index is 11.6. The van der Waals surface area contributed by atoms with E-state index in [0.717, 1.165) is 11.8 Å². The molecule has 0 aromatic carbocycles. The quantitative estimate of drug-likeness (QED) is 0.495. The van der Waals surface area contributed by atoms with Crippen molar-refractivity contribution in [1.82, 2.24) is 5.06 Å². The Kier molecular flexibility index (Phi) is 7.40. The Bertz CT molecular complexity index is 522. The van der Waals surface area contributed by atoms with Gasteiger partial charge in [0.2, 0.25) is 0 Å². The van der Waals surface area contributed by atoms with Crippen LogP contribution in [0.1, 0.15) is 52.9 Å². The van der Waals surface area contributed by atoms with Gasteiger partial charge in [0, 0.05) is 25.0 Å². The van der Waals surface area contributed by atoms with Crippen LogP contribution in [0.2, 0.25) is 0 Å². The predicted octanol–water partition coefficient (Wildman–Crippen LogP) is 1.37. The van der Waals surface area contributed by atoms with E-state index in [1.165, 1.54) is 0 Å². The number of carbonyl (C=O) groups is 5. The zero-order valence-corrected chi connectivity index (χ0v) is 14.8.